The van der Waals surface area contributed by atoms with Crippen LogP contribution < -0.4 is 0 Å². The van der Waals surface area contributed by atoms with Crippen LogP contribution in [-0.2, 0) is 0 Å². The lowest BCUT2D eigenvalue weighted by atomic mass is 10.1. The van der Waals surface area contributed by atoms with Crippen LogP contribution in [0.3, 0.4) is 0 Å². The van der Waals surface area contributed by atoms with Crippen molar-refractivity contribution in [3.8, 4) is 0 Å². The van der Waals surface area contributed by atoms with Crippen LogP contribution >= 0.6 is 15.9 Å². The second-order valence-electron chi connectivity index (χ2n) is 2.57. The fourth-order valence-corrected chi connectivity index (χ4v) is 1.73. The van der Waals surface area contributed by atoms with E-state index in [1.165, 1.54) is 12.8 Å². The van der Waals surface area contributed by atoms with E-state index in [1.807, 2.05) is 0 Å². The van der Waals surface area contributed by atoms with E-state index in [0.29, 0.717) is 0 Å². The molecule has 0 atom stereocenters. The number of aliphatic hydroxyl groups is 1. The maximum absolute atomic E-state index is 9.45. The van der Waals surface area contributed by atoms with Gasteiger partial charge in [-0.2, -0.15) is 0 Å². The summed E-state index contributed by atoms with van der Waals surface area (Å²) in [6.45, 7) is 0. The lowest BCUT2D eigenvalue weighted by molar-refractivity contribution is 0.0745. The van der Waals surface area contributed by atoms with Gasteiger partial charge in [-0.3, -0.25) is 0 Å². The van der Waals surface area contributed by atoms with E-state index < -0.39 is 0 Å². The Morgan fingerprint density at radius 3 is 2.12 bits per heavy atom. The molecule has 0 aromatic heterocycles. The van der Waals surface area contributed by atoms with Gasteiger partial charge in [-0.15, -0.1) is 0 Å². The first-order valence-corrected chi connectivity index (χ1v) is 4.17. The van der Waals surface area contributed by atoms with Crippen LogP contribution in [0.5, 0.6) is 0 Å². The molecule has 0 radical (unpaired) electrons. The molecule has 0 aromatic rings. The van der Waals surface area contributed by atoms with E-state index in [-0.39, 0.29) is 5.60 Å². The molecule has 1 rings (SSSR count). The standard InChI is InChI=1S/C6H11BrO/c7-5-6(8)3-1-2-4-6/h8H,1-5H2. The van der Waals surface area contributed by atoms with Crippen molar-refractivity contribution < 1.29 is 5.11 Å². The number of rotatable bonds is 1. The first kappa shape index (κ1) is 6.56. The van der Waals surface area contributed by atoms with Gasteiger partial charge >= 0.3 is 0 Å². The molecule has 48 valence electrons. The second kappa shape index (κ2) is 2.36. The highest BCUT2D eigenvalue weighted by Crippen LogP contribution is 2.30. The third kappa shape index (κ3) is 1.23. The molecule has 2 heteroatoms. The summed E-state index contributed by atoms with van der Waals surface area (Å²) in [5.41, 5.74) is -0.347. The molecule has 8 heavy (non-hydrogen) atoms. The maximum Gasteiger partial charge on any atom is 0.0744 e. The Bertz CT molecular complexity index is 76.6. The minimum atomic E-state index is -0.347. The van der Waals surface area contributed by atoms with Gasteiger partial charge in [0.05, 0.1) is 5.60 Å². The molecule has 0 aliphatic heterocycles. The fraction of sp³-hybridized carbons (Fsp3) is 1.00. The molecule has 1 fully saturated rings. The Hall–Kier alpha value is 0.440. The average molecular weight is 179 g/mol. The van der Waals surface area contributed by atoms with Gasteiger partial charge in [0.15, 0.2) is 0 Å². The summed E-state index contributed by atoms with van der Waals surface area (Å²) in [6.07, 6.45) is 4.36. The summed E-state index contributed by atoms with van der Waals surface area (Å²) < 4.78 is 0. The minimum Gasteiger partial charge on any atom is -0.389 e. The Balaban J connectivity index is 2.40. The van der Waals surface area contributed by atoms with E-state index >= 15 is 0 Å². The monoisotopic (exact) mass is 178 g/mol. The lowest BCUT2D eigenvalue weighted by Gasteiger charge is -2.17. The van der Waals surface area contributed by atoms with Crippen LogP contribution in [-0.4, -0.2) is 16.0 Å². The molecule has 1 nitrogen and oxygen atoms in total. The molecular weight excluding hydrogens is 168 g/mol. The van der Waals surface area contributed by atoms with Crippen molar-refractivity contribution in [2.75, 3.05) is 5.33 Å². The van der Waals surface area contributed by atoms with Crippen molar-refractivity contribution in [3.05, 3.63) is 0 Å². The number of halogens is 1. The van der Waals surface area contributed by atoms with Gasteiger partial charge < -0.3 is 5.11 Å². The minimum absolute atomic E-state index is 0.347. The van der Waals surface area contributed by atoms with Gasteiger partial charge in [-0.05, 0) is 12.8 Å². The molecule has 0 aromatic carbocycles. The number of hydrogen-bond acceptors (Lipinski definition) is 1. The predicted molar refractivity (Wildman–Crippen MR) is 37.2 cm³/mol. The number of hydrogen-bond donors (Lipinski definition) is 1. The summed E-state index contributed by atoms with van der Waals surface area (Å²) in [6, 6.07) is 0. The van der Waals surface area contributed by atoms with Crippen molar-refractivity contribution in [2.24, 2.45) is 0 Å². The highest BCUT2D eigenvalue weighted by atomic mass is 79.9. The van der Waals surface area contributed by atoms with Crippen LogP contribution in [0.4, 0.5) is 0 Å². The van der Waals surface area contributed by atoms with Crippen LogP contribution in [0, 0.1) is 0 Å². The highest BCUT2D eigenvalue weighted by molar-refractivity contribution is 9.09. The van der Waals surface area contributed by atoms with Gasteiger partial charge in [0.2, 0.25) is 0 Å². The molecule has 0 heterocycles. The fourth-order valence-electron chi connectivity index (χ4n) is 1.17. The van der Waals surface area contributed by atoms with Crippen molar-refractivity contribution in [3.63, 3.8) is 0 Å². The largest absolute Gasteiger partial charge is 0.389 e. The zero-order valence-corrected chi connectivity index (χ0v) is 6.45. The quantitative estimate of drug-likeness (QED) is 0.607. The number of alkyl halides is 1. The third-order valence-corrected chi connectivity index (χ3v) is 2.83. The summed E-state index contributed by atoms with van der Waals surface area (Å²) >= 11 is 3.28. The van der Waals surface area contributed by atoms with Crippen LogP contribution in [0.2, 0.25) is 0 Å². The lowest BCUT2D eigenvalue weighted by Crippen LogP contribution is -2.25. The highest BCUT2D eigenvalue weighted by Gasteiger charge is 2.29. The molecule has 0 saturated heterocycles. The van der Waals surface area contributed by atoms with E-state index in [1.54, 1.807) is 0 Å². The van der Waals surface area contributed by atoms with Gasteiger partial charge in [0.1, 0.15) is 0 Å². The average Bonchev–Trinajstić information content (AvgIpc) is 2.17. The molecule has 1 aliphatic carbocycles. The van der Waals surface area contributed by atoms with Gasteiger partial charge in [0, 0.05) is 5.33 Å². The van der Waals surface area contributed by atoms with Gasteiger partial charge in [-0.25, -0.2) is 0 Å². The second-order valence-corrected chi connectivity index (χ2v) is 3.13. The third-order valence-electron chi connectivity index (χ3n) is 1.78. The Kier molecular flexibility index (Phi) is 1.93. The molecule has 1 saturated carbocycles. The van der Waals surface area contributed by atoms with Gasteiger partial charge in [-0.1, -0.05) is 28.8 Å². The molecule has 0 spiro atoms. The van der Waals surface area contributed by atoms with Gasteiger partial charge in [0.25, 0.3) is 0 Å². The molecule has 1 aliphatic rings. The molecule has 0 amide bonds. The summed E-state index contributed by atoms with van der Waals surface area (Å²) in [5, 5.41) is 10.2. The maximum atomic E-state index is 9.45. The Morgan fingerprint density at radius 1 is 1.38 bits per heavy atom. The van der Waals surface area contributed by atoms with E-state index in [4.69, 9.17) is 0 Å². The Morgan fingerprint density at radius 2 is 1.88 bits per heavy atom. The van der Waals surface area contributed by atoms with Crippen LogP contribution in [0.1, 0.15) is 25.7 Å². The first-order valence-electron chi connectivity index (χ1n) is 3.05. The molecule has 0 unspecified atom stereocenters. The zero-order chi connectivity index (χ0) is 6.04. The predicted octanol–water partition coefficient (Wildman–Crippen LogP) is 1.69. The van der Waals surface area contributed by atoms with E-state index in [9.17, 15) is 5.11 Å². The van der Waals surface area contributed by atoms with Crippen LogP contribution in [0.15, 0.2) is 0 Å². The topological polar surface area (TPSA) is 20.2 Å². The van der Waals surface area contributed by atoms with Crippen molar-refractivity contribution in [1.82, 2.24) is 0 Å². The van der Waals surface area contributed by atoms with E-state index in [2.05, 4.69) is 15.9 Å². The normalized spacial score (nSPS) is 26.2. The van der Waals surface area contributed by atoms with E-state index in [0.717, 1.165) is 18.2 Å². The Labute approximate surface area is 58.2 Å². The summed E-state index contributed by atoms with van der Waals surface area (Å²) in [7, 11) is 0. The SMILES string of the molecule is OC1(CBr)CCCC1. The van der Waals surface area contributed by atoms with Crippen molar-refractivity contribution in [1.29, 1.82) is 0 Å². The van der Waals surface area contributed by atoms with Crippen molar-refractivity contribution in [2.45, 2.75) is 31.3 Å². The smallest absolute Gasteiger partial charge is 0.0744 e. The first-order chi connectivity index (χ1) is 3.77. The van der Waals surface area contributed by atoms with Crippen LogP contribution in [0.25, 0.3) is 0 Å². The summed E-state index contributed by atoms with van der Waals surface area (Å²) in [4.78, 5) is 0. The molecule has 0 bridgehead atoms. The summed E-state index contributed by atoms with van der Waals surface area (Å²) in [5.74, 6) is 0. The molecule has 1 N–H and O–H groups in total. The molecular formula is C6H11BrO. The zero-order valence-electron chi connectivity index (χ0n) is 4.86. The van der Waals surface area contributed by atoms with Crippen molar-refractivity contribution >= 4 is 15.9 Å².